The van der Waals surface area contributed by atoms with Crippen LogP contribution in [0.5, 0.6) is 0 Å². The second-order valence-corrected chi connectivity index (χ2v) is 7.44. The molecule has 0 saturated carbocycles. The molecule has 2 aromatic rings. The largest absolute Gasteiger partial charge is 0.338 e. The molecule has 0 bridgehead atoms. The first kappa shape index (κ1) is 18.7. The Hall–Kier alpha value is -2.13. The first-order valence-electron chi connectivity index (χ1n) is 9.68. The van der Waals surface area contributed by atoms with Gasteiger partial charge in [0.05, 0.1) is 6.42 Å². The Morgan fingerprint density at radius 3 is 2.54 bits per heavy atom. The van der Waals surface area contributed by atoms with Gasteiger partial charge in [-0.1, -0.05) is 48.5 Å². The maximum absolute atomic E-state index is 12.9. The molecule has 1 atom stereocenters. The van der Waals surface area contributed by atoms with Gasteiger partial charge in [-0.05, 0) is 49.4 Å². The van der Waals surface area contributed by atoms with Crippen LogP contribution in [0.2, 0.25) is 0 Å². The molecule has 26 heavy (non-hydrogen) atoms. The molecule has 0 aliphatic carbocycles. The molecule has 3 heteroatoms. The van der Waals surface area contributed by atoms with E-state index in [9.17, 15) is 4.79 Å². The van der Waals surface area contributed by atoms with E-state index in [-0.39, 0.29) is 5.91 Å². The minimum absolute atomic E-state index is 0.252. The number of carbonyl (C=O) groups excluding carboxylic acids is 1. The SMILES string of the molecule is CCN(C(=O)Cc1ccc(C)c(C)c1)C1CCN(Cc2ccccc2)C1. The summed E-state index contributed by atoms with van der Waals surface area (Å²) >= 11 is 0. The number of amides is 1. The van der Waals surface area contributed by atoms with Gasteiger partial charge in [-0.25, -0.2) is 0 Å². The van der Waals surface area contributed by atoms with Crippen molar-refractivity contribution in [2.24, 2.45) is 0 Å². The molecule has 1 aliphatic heterocycles. The molecule has 3 nitrogen and oxygen atoms in total. The van der Waals surface area contributed by atoms with Crippen molar-refractivity contribution in [3.8, 4) is 0 Å². The highest BCUT2D eigenvalue weighted by Gasteiger charge is 2.29. The highest BCUT2D eigenvalue weighted by molar-refractivity contribution is 5.79. The Balaban J connectivity index is 1.59. The number of likely N-dealkylation sites (tertiary alicyclic amines) is 1. The van der Waals surface area contributed by atoms with Crippen LogP contribution in [-0.4, -0.2) is 41.4 Å². The van der Waals surface area contributed by atoms with E-state index in [0.29, 0.717) is 12.5 Å². The van der Waals surface area contributed by atoms with Crippen LogP contribution in [0.3, 0.4) is 0 Å². The van der Waals surface area contributed by atoms with Crippen LogP contribution in [0.25, 0.3) is 0 Å². The molecule has 1 fully saturated rings. The first-order chi connectivity index (χ1) is 12.6. The van der Waals surface area contributed by atoms with Gasteiger partial charge in [-0.2, -0.15) is 0 Å². The number of hydrogen-bond donors (Lipinski definition) is 0. The van der Waals surface area contributed by atoms with E-state index in [0.717, 1.165) is 38.2 Å². The summed E-state index contributed by atoms with van der Waals surface area (Å²) in [5.74, 6) is 0.252. The molecule has 0 radical (unpaired) electrons. The Bertz CT molecular complexity index is 741. The monoisotopic (exact) mass is 350 g/mol. The number of aryl methyl sites for hydroxylation is 2. The summed E-state index contributed by atoms with van der Waals surface area (Å²) in [5.41, 5.74) is 5.00. The van der Waals surface area contributed by atoms with Crippen LogP contribution in [0.1, 0.15) is 35.6 Å². The molecule has 0 spiro atoms. The quantitative estimate of drug-likeness (QED) is 0.787. The number of carbonyl (C=O) groups is 1. The van der Waals surface area contributed by atoms with Crippen molar-refractivity contribution in [1.82, 2.24) is 9.80 Å². The van der Waals surface area contributed by atoms with Gasteiger partial charge in [0, 0.05) is 32.2 Å². The molecule has 1 unspecified atom stereocenters. The Kier molecular flexibility index (Phi) is 6.10. The summed E-state index contributed by atoms with van der Waals surface area (Å²) in [6, 6.07) is 17.3. The number of rotatable bonds is 6. The van der Waals surface area contributed by atoms with Gasteiger partial charge in [0.2, 0.25) is 5.91 Å². The fourth-order valence-electron chi connectivity index (χ4n) is 3.88. The van der Waals surface area contributed by atoms with E-state index in [4.69, 9.17) is 0 Å². The lowest BCUT2D eigenvalue weighted by atomic mass is 10.0. The normalized spacial score (nSPS) is 17.4. The van der Waals surface area contributed by atoms with Gasteiger partial charge < -0.3 is 4.90 Å². The van der Waals surface area contributed by atoms with Crippen LogP contribution in [0.4, 0.5) is 0 Å². The standard InChI is InChI=1S/C23H30N2O/c1-4-25(23(26)15-21-11-10-18(2)19(3)14-21)22-12-13-24(17-22)16-20-8-6-5-7-9-20/h5-11,14,22H,4,12-13,15-17H2,1-3H3. The van der Waals surface area contributed by atoms with Gasteiger partial charge in [-0.15, -0.1) is 0 Å². The highest BCUT2D eigenvalue weighted by Crippen LogP contribution is 2.20. The van der Waals surface area contributed by atoms with Gasteiger partial charge >= 0.3 is 0 Å². The Morgan fingerprint density at radius 2 is 1.85 bits per heavy atom. The van der Waals surface area contributed by atoms with Crippen molar-refractivity contribution in [1.29, 1.82) is 0 Å². The predicted octanol–water partition coefficient (Wildman–Crippen LogP) is 3.97. The fourth-order valence-corrected chi connectivity index (χ4v) is 3.88. The Labute approximate surface area is 157 Å². The van der Waals surface area contributed by atoms with E-state index in [1.807, 2.05) is 0 Å². The average Bonchev–Trinajstić information content (AvgIpc) is 3.08. The minimum atomic E-state index is 0.252. The lowest BCUT2D eigenvalue weighted by Gasteiger charge is -2.28. The van der Waals surface area contributed by atoms with Crippen LogP contribution >= 0.6 is 0 Å². The fraction of sp³-hybridized carbons (Fsp3) is 0.435. The third-order valence-electron chi connectivity index (χ3n) is 5.52. The number of benzene rings is 2. The molecular formula is C23H30N2O. The molecule has 1 heterocycles. The van der Waals surface area contributed by atoms with E-state index in [1.165, 1.54) is 16.7 Å². The summed E-state index contributed by atoms with van der Waals surface area (Å²) in [4.78, 5) is 17.4. The second kappa shape index (κ2) is 8.50. The highest BCUT2D eigenvalue weighted by atomic mass is 16.2. The van der Waals surface area contributed by atoms with Crippen LogP contribution < -0.4 is 0 Å². The zero-order chi connectivity index (χ0) is 18.5. The maximum atomic E-state index is 12.9. The van der Waals surface area contributed by atoms with Crippen molar-refractivity contribution >= 4 is 5.91 Å². The van der Waals surface area contributed by atoms with Crippen molar-refractivity contribution in [3.05, 3.63) is 70.8 Å². The summed E-state index contributed by atoms with van der Waals surface area (Å²) in [6.07, 6.45) is 1.57. The molecule has 1 saturated heterocycles. The lowest BCUT2D eigenvalue weighted by molar-refractivity contribution is -0.132. The summed E-state index contributed by atoms with van der Waals surface area (Å²) in [6.45, 7) is 10.1. The van der Waals surface area contributed by atoms with Crippen molar-refractivity contribution in [2.75, 3.05) is 19.6 Å². The molecule has 1 amide bonds. The first-order valence-corrected chi connectivity index (χ1v) is 9.68. The van der Waals surface area contributed by atoms with E-state index >= 15 is 0 Å². The van der Waals surface area contributed by atoms with E-state index in [1.54, 1.807) is 0 Å². The van der Waals surface area contributed by atoms with Crippen molar-refractivity contribution in [3.63, 3.8) is 0 Å². The second-order valence-electron chi connectivity index (χ2n) is 7.44. The third-order valence-corrected chi connectivity index (χ3v) is 5.52. The van der Waals surface area contributed by atoms with Gasteiger partial charge in [0.25, 0.3) is 0 Å². The van der Waals surface area contributed by atoms with Crippen LogP contribution in [0.15, 0.2) is 48.5 Å². The van der Waals surface area contributed by atoms with E-state index in [2.05, 4.69) is 79.1 Å². The molecule has 138 valence electrons. The molecule has 1 aliphatic rings. The molecule has 0 N–H and O–H groups in total. The third kappa shape index (κ3) is 4.53. The van der Waals surface area contributed by atoms with Crippen molar-refractivity contribution < 1.29 is 4.79 Å². The molecular weight excluding hydrogens is 320 g/mol. The number of likely N-dealkylation sites (N-methyl/N-ethyl adjacent to an activating group) is 1. The predicted molar refractivity (Wildman–Crippen MR) is 107 cm³/mol. The topological polar surface area (TPSA) is 23.6 Å². The zero-order valence-electron chi connectivity index (χ0n) is 16.2. The molecule has 0 aromatic heterocycles. The summed E-state index contributed by atoms with van der Waals surface area (Å²) in [5, 5.41) is 0. The smallest absolute Gasteiger partial charge is 0.227 e. The average molecular weight is 351 g/mol. The van der Waals surface area contributed by atoms with E-state index < -0.39 is 0 Å². The van der Waals surface area contributed by atoms with Gasteiger partial charge in [0.15, 0.2) is 0 Å². The zero-order valence-corrected chi connectivity index (χ0v) is 16.2. The van der Waals surface area contributed by atoms with Gasteiger partial charge in [-0.3, -0.25) is 9.69 Å². The number of nitrogens with zero attached hydrogens (tertiary/aromatic N) is 2. The molecule has 3 rings (SSSR count). The Morgan fingerprint density at radius 1 is 1.08 bits per heavy atom. The number of hydrogen-bond acceptors (Lipinski definition) is 2. The minimum Gasteiger partial charge on any atom is -0.338 e. The van der Waals surface area contributed by atoms with Crippen LogP contribution in [-0.2, 0) is 17.8 Å². The van der Waals surface area contributed by atoms with Gasteiger partial charge in [0.1, 0.15) is 0 Å². The summed E-state index contributed by atoms with van der Waals surface area (Å²) in [7, 11) is 0. The van der Waals surface area contributed by atoms with Crippen molar-refractivity contribution in [2.45, 2.75) is 46.2 Å². The van der Waals surface area contributed by atoms with Crippen LogP contribution in [0, 0.1) is 13.8 Å². The maximum Gasteiger partial charge on any atom is 0.227 e. The lowest BCUT2D eigenvalue weighted by Crippen LogP contribution is -2.42. The molecule has 2 aromatic carbocycles. The summed E-state index contributed by atoms with van der Waals surface area (Å²) < 4.78 is 0.